The number of aliphatic hydroxyl groups excluding tert-OH is 1. The molecule has 188 valence electrons. The second-order valence-corrected chi connectivity index (χ2v) is 8.28. The predicted molar refractivity (Wildman–Crippen MR) is 143 cm³/mol. The van der Waals surface area contributed by atoms with Gasteiger partial charge in [0.15, 0.2) is 0 Å². The van der Waals surface area contributed by atoms with Gasteiger partial charge in [-0.3, -0.25) is 9.36 Å². The second kappa shape index (κ2) is 12.0. The number of pyridine rings is 1. The monoisotopic (exact) mass is 477 g/mol. The van der Waals surface area contributed by atoms with Crippen LogP contribution in [0.4, 0.5) is 0 Å². The fraction of sp³-hybridized carbons (Fsp3) is 0.444. The summed E-state index contributed by atoms with van der Waals surface area (Å²) in [7, 11) is 0. The Labute approximate surface area is 208 Å². The molecule has 0 bridgehead atoms. The highest BCUT2D eigenvalue weighted by Crippen LogP contribution is 2.40. The topological polar surface area (TPSA) is 96.6 Å². The van der Waals surface area contributed by atoms with Gasteiger partial charge in [0.05, 0.1) is 11.4 Å². The van der Waals surface area contributed by atoms with Gasteiger partial charge in [-0.25, -0.2) is 4.98 Å². The molecular weight excluding hydrogens is 438 g/mol. The normalized spacial score (nSPS) is 16.4. The van der Waals surface area contributed by atoms with Gasteiger partial charge >= 0.3 is 0 Å². The molecule has 0 radical (unpaired) electrons. The zero-order valence-electron chi connectivity index (χ0n) is 21.5. The summed E-state index contributed by atoms with van der Waals surface area (Å²) >= 11 is 0. The number of hydrogen-bond acceptors (Lipinski definition) is 5. The standard InChI is InChI=1S/C23H29N7O.C2H6.C2H4/c1-3-24-15-23(7-10-31)6-9-30-21(23)12-19(28-30)16-11-17-18(14-26-22(17)25-13-16)20-5-8-27-29(20)4-2;2*1-2/h5,8,11-14,24,31H,3-4,6-7,9-10,15H2,1-2H3,(H,25,26);1-2H3;1-2H2. The average molecular weight is 478 g/mol. The van der Waals surface area contributed by atoms with E-state index in [2.05, 4.69) is 64.2 Å². The molecule has 4 aromatic rings. The lowest BCUT2D eigenvalue weighted by molar-refractivity contribution is 0.231. The van der Waals surface area contributed by atoms with Crippen molar-refractivity contribution in [2.24, 2.45) is 0 Å². The maximum Gasteiger partial charge on any atom is 0.137 e. The largest absolute Gasteiger partial charge is 0.396 e. The number of hydrogen-bond donors (Lipinski definition) is 3. The number of rotatable bonds is 8. The van der Waals surface area contributed by atoms with Crippen molar-refractivity contribution in [2.75, 3.05) is 19.7 Å². The Morgan fingerprint density at radius 3 is 2.74 bits per heavy atom. The summed E-state index contributed by atoms with van der Waals surface area (Å²) in [6.45, 7) is 17.8. The van der Waals surface area contributed by atoms with Crippen LogP contribution in [0.25, 0.3) is 33.5 Å². The average Bonchev–Trinajstić information content (AvgIpc) is 3.69. The van der Waals surface area contributed by atoms with E-state index < -0.39 is 0 Å². The van der Waals surface area contributed by atoms with Crippen molar-refractivity contribution in [3.63, 3.8) is 0 Å². The van der Waals surface area contributed by atoms with Crippen molar-refractivity contribution in [3.05, 3.63) is 55.6 Å². The summed E-state index contributed by atoms with van der Waals surface area (Å²) in [5.41, 5.74) is 6.09. The third-order valence-electron chi connectivity index (χ3n) is 6.55. The van der Waals surface area contributed by atoms with Crippen LogP contribution in [0, 0.1) is 0 Å². The Hall–Kier alpha value is -3.23. The lowest BCUT2D eigenvalue weighted by atomic mass is 9.80. The van der Waals surface area contributed by atoms with Gasteiger partial charge in [0.25, 0.3) is 0 Å². The number of aryl methyl sites for hydroxylation is 2. The van der Waals surface area contributed by atoms with E-state index in [1.165, 1.54) is 5.69 Å². The van der Waals surface area contributed by atoms with E-state index in [1.54, 1.807) is 0 Å². The van der Waals surface area contributed by atoms with E-state index in [0.29, 0.717) is 0 Å². The maximum absolute atomic E-state index is 9.72. The zero-order valence-corrected chi connectivity index (χ0v) is 21.5. The number of H-pyrrole nitrogens is 1. The van der Waals surface area contributed by atoms with E-state index in [1.807, 2.05) is 43.2 Å². The Morgan fingerprint density at radius 1 is 1.23 bits per heavy atom. The molecule has 0 saturated heterocycles. The summed E-state index contributed by atoms with van der Waals surface area (Å²) in [6.07, 6.45) is 7.46. The minimum absolute atomic E-state index is 0.0690. The fourth-order valence-corrected chi connectivity index (χ4v) is 4.87. The van der Waals surface area contributed by atoms with Crippen LogP contribution < -0.4 is 5.32 Å². The molecule has 5 rings (SSSR count). The van der Waals surface area contributed by atoms with Crippen LogP contribution in [0.15, 0.2) is 49.9 Å². The molecule has 0 spiro atoms. The van der Waals surface area contributed by atoms with Crippen LogP contribution in [-0.4, -0.2) is 54.3 Å². The number of aromatic amines is 1. The first-order valence-corrected chi connectivity index (χ1v) is 12.6. The summed E-state index contributed by atoms with van der Waals surface area (Å²) in [4.78, 5) is 7.95. The third-order valence-corrected chi connectivity index (χ3v) is 6.55. The molecule has 1 unspecified atom stereocenters. The van der Waals surface area contributed by atoms with Crippen LogP contribution >= 0.6 is 0 Å². The van der Waals surface area contributed by atoms with Gasteiger partial charge in [-0.15, -0.1) is 13.2 Å². The van der Waals surface area contributed by atoms with Gasteiger partial charge in [0.1, 0.15) is 5.65 Å². The number of aromatic nitrogens is 6. The molecule has 3 N–H and O–H groups in total. The minimum Gasteiger partial charge on any atom is -0.396 e. The number of aliphatic hydroxyl groups is 1. The van der Waals surface area contributed by atoms with E-state index >= 15 is 0 Å². The minimum atomic E-state index is -0.0690. The van der Waals surface area contributed by atoms with E-state index in [0.717, 1.165) is 72.6 Å². The maximum atomic E-state index is 9.72. The Kier molecular flexibility index (Phi) is 9.01. The Bertz CT molecular complexity index is 1220. The molecule has 1 aliphatic rings. The first kappa shape index (κ1) is 26.4. The van der Waals surface area contributed by atoms with Crippen LogP contribution in [0.2, 0.25) is 0 Å². The summed E-state index contributed by atoms with van der Waals surface area (Å²) in [5.74, 6) is 0. The number of fused-ring (bicyclic) bond motifs is 2. The van der Waals surface area contributed by atoms with Crippen molar-refractivity contribution in [2.45, 2.75) is 59.0 Å². The van der Waals surface area contributed by atoms with Gasteiger partial charge < -0.3 is 15.4 Å². The highest BCUT2D eigenvalue weighted by Gasteiger charge is 2.39. The molecule has 0 aliphatic carbocycles. The van der Waals surface area contributed by atoms with Gasteiger partial charge in [-0.2, -0.15) is 10.2 Å². The highest BCUT2D eigenvalue weighted by molar-refractivity contribution is 5.94. The molecule has 8 nitrogen and oxygen atoms in total. The molecule has 0 saturated carbocycles. The molecule has 4 aromatic heterocycles. The quantitative estimate of drug-likeness (QED) is 0.318. The number of nitrogens with zero attached hydrogens (tertiary/aromatic N) is 5. The molecule has 1 atom stereocenters. The van der Waals surface area contributed by atoms with E-state index in [9.17, 15) is 5.11 Å². The third kappa shape index (κ3) is 4.94. The molecule has 5 heterocycles. The molecule has 0 fully saturated rings. The summed E-state index contributed by atoms with van der Waals surface area (Å²) in [6, 6.07) is 6.39. The Morgan fingerprint density at radius 2 is 2.03 bits per heavy atom. The molecule has 35 heavy (non-hydrogen) atoms. The molecule has 8 heteroatoms. The molecule has 0 aromatic carbocycles. The van der Waals surface area contributed by atoms with Crippen molar-refractivity contribution in [1.82, 2.24) is 34.8 Å². The number of nitrogens with one attached hydrogen (secondary N) is 2. The molecular formula is C27H39N7O. The SMILES string of the molecule is C=C.CC.CCNCC1(CCO)CCn2nc(-c3cnc4[nH]cc(-c5ccnn5CC)c4c3)cc21. The molecule has 0 amide bonds. The first-order chi connectivity index (χ1) is 17.2. The van der Waals surface area contributed by atoms with Gasteiger partial charge in [-0.05, 0) is 44.5 Å². The van der Waals surface area contributed by atoms with Gasteiger partial charge in [0, 0.05) is 72.5 Å². The molecule has 1 aliphatic heterocycles. The van der Waals surface area contributed by atoms with Crippen LogP contribution in [-0.2, 0) is 18.5 Å². The fourth-order valence-electron chi connectivity index (χ4n) is 4.87. The smallest absolute Gasteiger partial charge is 0.137 e. The van der Waals surface area contributed by atoms with E-state index in [4.69, 9.17) is 5.10 Å². The van der Waals surface area contributed by atoms with Gasteiger partial charge in [-0.1, -0.05) is 20.8 Å². The zero-order chi connectivity index (χ0) is 25.4. The highest BCUT2D eigenvalue weighted by atomic mass is 16.3. The van der Waals surface area contributed by atoms with Crippen LogP contribution in [0.5, 0.6) is 0 Å². The lowest BCUT2D eigenvalue weighted by Crippen LogP contribution is -2.37. The lowest BCUT2D eigenvalue weighted by Gasteiger charge is -2.28. The second-order valence-electron chi connectivity index (χ2n) is 8.28. The van der Waals surface area contributed by atoms with Crippen molar-refractivity contribution in [1.29, 1.82) is 0 Å². The van der Waals surface area contributed by atoms with Crippen molar-refractivity contribution in [3.8, 4) is 22.5 Å². The number of likely N-dealkylation sites (N-methyl/N-ethyl adjacent to an activating group) is 1. The van der Waals surface area contributed by atoms with Crippen molar-refractivity contribution >= 4 is 11.0 Å². The summed E-state index contributed by atoms with van der Waals surface area (Å²) in [5, 5.41) is 23.6. The Balaban J connectivity index is 0.000000815. The predicted octanol–water partition coefficient (Wildman–Crippen LogP) is 4.77. The van der Waals surface area contributed by atoms with Gasteiger partial charge in [0.2, 0.25) is 0 Å². The van der Waals surface area contributed by atoms with E-state index in [-0.39, 0.29) is 12.0 Å². The van der Waals surface area contributed by atoms with Crippen LogP contribution in [0.1, 0.15) is 46.2 Å². The first-order valence-electron chi connectivity index (χ1n) is 12.6. The van der Waals surface area contributed by atoms with Crippen LogP contribution in [0.3, 0.4) is 0 Å². The van der Waals surface area contributed by atoms with Crippen molar-refractivity contribution < 1.29 is 5.11 Å². The summed E-state index contributed by atoms with van der Waals surface area (Å²) < 4.78 is 4.10.